The third kappa shape index (κ3) is 2.16. The molecule has 0 saturated carbocycles. The highest BCUT2D eigenvalue weighted by molar-refractivity contribution is 5.99. The number of benzene rings is 1. The molecule has 2 rings (SSSR count). The third-order valence-electron chi connectivity index (χ3n) is 3.13. The molecular weight excluding hydrogens is 218 g/mol. The maximum atomic E-state index is 11.8. The lowest BCUT2D eigenvalue weighted by Crippen LogP contribution is -2.26. The van der Waals surface area contributed by atoms with Crippen LogP contribution in [0.15, 0.2) is 18.2 Å². The monoisotopic (exact) mass is 233 g/mol. The molecule has 0 aromatic heterocycles. The topological polar surface area (TPSA) is 57.6 Å². The van der Waals surface area contributed by atoms with Crippen molar-refractivity contribution in [2.24, 2.45) is 5.92 Å². The van der Waals surface area contributed by atoms with Crippen LogP contribution >= 0.6 is 0 Å². The van der Waals surface area contributed by atoms with Crippen molar-refractivity contribution < 1.29 is 14.7 Å². The van der Waals surface area contributed by atoms with Crippen LogP contribution in [-0.4, -0.2) is 23.5 Å². The SMILES string of the molecule is Cc1ccc(C)c(N2C[C@@H](C(=O)O)CC2=O)c1. The fourth-order valence-corrected chi connectivity index (χ4v) is 2.12. The molecule has 1 saturated heterocycles. The van der Waals surface area contributed by atoms with Gasteiger partial charge in [-0.05, 0) is 31.0 Å². The van der Waals surface area contributed by atoms with Crippen LogP contribution in [0, 0.1) is 19.8 Å². The number of nitrogens with zero attached hydrogens (tertiary/aromatic N) is 1. The Kier molecular flexibility index (Phi) is 2.88. The molecule has 4 heteroatoms. The van der Waals surface area contributed by atoms with Crippen molar-refractivity contribution in [2.45, 2.75) is 20.3 Å². The second-order valence-corrected chi connectivity index (χ2v) is 4.53. The summed E-state index contributed by atoms with van der Waals surface area (Å²) in [6, 6.07) is 5.86. The molecule has 90 valence electrons. The summed E-state index contributed by atoms with van der Waals surface area (Å²) in [5.74, 6) is -1.58. The van der Waals surface area contributed by atoms with E-state index in [0.717, 1.165) is 16.8 Å². The molecule has 1 heterocycles. The maximum absolute atomic E-state index is 11.8. The minimum atomic E-state index is -0.897. The summed E-state index contributed by atoms with van der Waals surface area (Å²) < 4.78 is 0. The lowest BCUT2D eigenvalue weighted by Gasteiger charge is -2.19. The summed E-state index contributed by atoms with van der Waals surface area (Å²) in [4.78, 5) is 24.3. The number of anilines is 1. The van der Waals surface area contributed by atoms with E-state index in [9.17, 15) is 9.59 Å². The molecule has 1 aliphatic rings. The molecule has 1 aliphatic heterocycles. The first-order valence-corrected chi connectivity index (χ1v) is 5.59. The molecular formula is C13H15NO3. The van der Waals surface area contributed by atoms with E-state index in [1.54, 1.807) is 4.90 Å². The first-order chi connectivity index (χ1) is 7.99. The van der Waals surface area contributed by atoms with Crippen molar-refractivity contribution >= 4 is 17.6 Å². The van der Waals surface area contributed by atoms with Gasteiger partial charge in [0, 0.05) is 18.7 Å². The molecule has 1 amide bonds. The van der Waals surface area contributed by atoms with E-state index in [4.69, 9.17) is 5.11 Å². The highest BCUT2D eigenvalue weighted by Gasteiger charge is 2.35. The molecule has 0 spiro atoms. The van der Waals surface area contributed by atoms with Crippen molar-refractivity contribution in [1.29, 1.82) is 0 Å². The first kappa shape index (κ1) is 11.6. The van der Waals surface area contributed by atoms with Crippen molar-refractivity contribution in [3.8, 4) is 0 Å². The number of rotatable bonds is 2. The van der Waals surface area contributed by atoms with Crippen molar-refractivity contribution in [3.63, 3.8) is 0 Å². The van der Waals surface area contributed by atoms with Crippen molar-refractivity contribution in [3.05, 3.63) is 29.3 Å². The van der Waals surface area contributed by atoms with Crippen LogP contribution in [0.3, 0.4) is 0 Å². The fourth-order valence-electron chi connectivity index (χ4n) is 2.12. The Labute approximate surface area is 99.9 Å². The Morgan fingerprint density at radius 2 is 2.12 bits per heavy atom. The molecule has 1 aromatic carbocycles. The summed E-state index contributed by atoms with van der Waals surface area (Å²) in [5.41, 5.74) is 2.89. The minimum absolute atomic E-state index is 0.0999. The lowest BCUT2D eigenvalue weighted by molar-refractivity contribution is -0.141. The molecule has 1 N–H and O–H groups in total. The number of amides is 1. The molecule has 0 aliphatic carbocycles. The van der Waals surface area contributed by atoms with Crippen molar-refractivity contribution in [1.82, 2.24) is 0 Å². The normalized spacial score (nSPS) is 19.8. The first-order valence-electron chi connectivity index (χ1n) is 5.59. The van der Waals surface area contributed by atoms with Crippen LogP contribution in [0.5, 0.6) is 0 Å². The molecule has 4 nitrogen and oxygen atoms in total. The summed E-state index contributed by atoms with van der Waals surface area (Å²) in [6.07, 6.45) is 0.0999. The number of carboxylic acid groups (broad SMARTS) is 1. The van der Waals surface area contributed by atoms with E-state index in [0.29, 0.717) is 0 Å². The average Bonchev–Trinajstić information content (AvgIpc) is 2.64. The van der Waals surface area contributed by atoms with Gasteiger partial charge in [-0.3, -0.25) is 9.59 Å². The fraction of sp³-hybridized carbons (Fsp3) is 0.385. The van der Waals surface area contributed by atoms with E-state index >= 15 is 0 Å². The summed E-state index contributed by atoms with van der Waals surface area (Å²) in [5, 5.41) is 8.94. The number of hydrogen-bond donors (Lipinski definition) is 1. The standard InChI is InChI=1S/C13H15NO3/c1-8-3-4-9(2)11(5-8)14-7-10(13(16)17)6-12(14)15/h3-5,10H,6-7H2,1-2H3,(H,16,17)/t10-/m0/s1. The zero-order chi connectivity index (χ0) is 12.6. The highest BCUT2D eigenvalue weighted by Crippen LogP contribution is 2.28. The smallest absolute Gasteiger partial charge is 0.308 e. The second-order valence-electron chi connectivity index (χ2n) is 4.53. The zero-order valence-electron chi connectivity index (χ0n) is 9.93. The largest absolute Gasteiger partial charge is 0.481 e. The van der Waals surface area contributed by atoms with Crippen LogP contribution in [0.4, 0.5) is 5.69 Å². The molecule has 0 unspecified atom stereocenters. The summed E-state index contributed by atoms with van der Waals surface area (Å²) in [6.45, 7) is 4.16. The van der Waals surface area contributed by atoms with Crippen LogP contribution in [0.25, 0.3) is 0 Å². The van der Waals surface area contributed by atoms with Gasteiger partial charge in [-0.1, -0.05) is 12.1 Å². The molecule has 17 heavy (non-hydrogen) atoms. The molecule has 0 radical (unpaired) electrons. The van der Waals surface area contributed by atoms with Gasteiger partial charge in [0.05, 0.1) is 5.92 Å². The molecule has 1 atom stereocenters. The number of carboxylic acids is 1. The van der Waals surface area contributed by atoms with E-state index in [-0.39, 0.29) is 18.9 Å². The third-order valence-corrected chi connectivity index (χ3v) is 3.13. The second kappa shape index (κ2) is 4.20. The van der Waals surface area contributed by atoms with E-state index < -0.39 is 11.9 Å². The van der Waals surface area contributed by atoms with Gasteiger partial charge in [0.1, 0.15) is 0 Å². The van der Waals surface area contributed by atoms with Gasteiger partial charge in [-0.2, -0.15) is 0 Å². The number of hydrogen-bond acceptors (Lipinski definition) is 2. The molecule has 1 aromatic rings. The van der Waals surface area contributed by atoms with Crippen molar-refractivity contribution in [2.75, 3.05) is 11.4 Å². The Bertz CT molecular complexity index is 482. The summed E-state index contributed by atoms with van der Waals surface area (Å²) in [7, 11) is 0. The number of carbonyl (C=O) groups is 2. The van der Waals surface area contributed by atoms with Crippen LogP contribution in [-0.2, 0) is 9.59 Å². The van der Waals surface area contributed by atoms with Crippen LogP contribution in [0.1, 0.15) is 17.5 Å². The van der Waals surface area contributed by atoms with Gasteiger partial charge < -0.3 is 10.0 Å². The average molecular weight is 233 g/mol. The Hall–Kier alpha value is -1.84. The number of aryl methyl sites for hydroxylation is 2. The van der Waals surface area contributed by atoms with Gasteiger partial charge >= 0.3 is 5.97 Å². The zero-order valence-corrected chi connectivity index (χ0v) is 9.93. The van der Waals surface area contributed by atoms with E-state index in [1.807, 2.05) is 32.0 Å². The van der Waals surface area contributed by atoms with Gasteiger partial charge in [0.25, 0.3) is 0 Å². The lowest BCUT2D eigenvalue weighted by atomic mass is 10.1. The van der Waals surface area contributed by atoms with Gasteiger partial charge in [-0.15, -0.1) is 0 Å². The highest BCUT2D eigenvalue weighted by atomic mass is 16.4. The number of carbonyl (C=O) groups excluding carboxylic acids is 1. The van der Waals surface area contributed by atoms with Gasteiger partial charge in [-0.25, -0.2) is 0 Å². The van der Waals surface area contributed by atoms with Gasteiger partial charge in [0.15, 0.2) is 0 Å². The van der Waals surface area contributed by atoms with Crippen LogP contribution in [0.2, 0.25) is 0 Å². The Morgan fingerprint density at radius 1 is 1.41 bits per heavy atom. The Balaban J connectivity index is 2.32. The molecule has 0 bridgehead atoms. The molecule has 1 fully saturated rings. The van der Waals surface area contributed by atoms with Gasteiger partial charge in [0.2, 0.25) is 5.91 Å². The Morgan fingerprint density at radius 3 is 2.71 bits per heavy atom. The van der Waals surface area contributed by atoms with E-state index in [1.165, 1.54) is 0 Å². The quantitative estimate of drug-likeness (QED) is 0.846. The minimum Gasteiger partial charge on any atom is -0.481 e. The van der Waals surface area contributed by atoms with E-state index in [2.05, 4.69) is 0 Å². The number of aliphatic carboxylic acids is 1. The predicted molar refractivity (Wildman–Crippen MR) is 64.0 cm³/mol. The predicted octanol–water partition coefficient (Wildman–Crippen LogP) is 1.74. The van der Waals surface area contributed by atoms with Crippen LogP contribution < -0.4 is 4.90 Å². The summed E-state index contributed by atoms with van der Waals surface area (Å²) >= 11 is 0. The maximum Gasteiger partial charge on any atom is 0.308 e.